The van der Waals surface area contributed by atoms with Gasteiger partial charge in [0.05, 0.1) is 10.4 Å². The molecule has 1 N–H and O–H groups in total. The van der Waals surface area contributed by atoms with Crippen molar-refractivity contribution in [2.75, 3.05) is 0 Å². The molecule has 3 rings (SSSR count). The second kappa shape index (κ2) is 7.36. The van der Waals surface area contributed by atoms with Gasteiger partial charge in [-0.15, -0.1) is 0 Å². The molecule has 2 aromatic carbocycles. The lowest BCUT2D eigenvalue weighted by atomic mass is 10.2. The number of nitrogens with zero attached hydrogens (tertiary/aromatic N) is 1. The minimum absolute atomic E-state index is 0.0926. The highest BCUT2D eigenvalue weighted by Gasteiger charge is 2.26. The number of aromatic nitrogens is 1. The predicted molar refractivity (Wildman–Crippen MR) is 92.6 cm³/mol. The van der Waals surface area contributed by atoms with Crippen molar-refractivity contribution in [1.29, 1.82) is 0 Å². The first kappa shape index (κ1) is 17.0. The molecule has 1 heterocycles. The molecule has 5 nitrogen and oxygen atoms in total. The molecule has 124 valence electrons. The quantitative estimate of drug-likeness (QED) is 0.510. The highest BCUT2D eigenvalue weighted by molar-refractivity contribution is 7.48. The SMILES string of the molecule is O=P(O)(Oc1cccc(C[n+]2ccsc2)c1)Oc1ccccc1Cl. The molecule has 8 heteroatoms. The third-order valence-electron chi connectivity index (χ3n) is 3.06. The second-order valence-corrected chi connectivity index (χ2v) is 7.39. The van der Waals surface area contributed by atoms with Crippen LogP contribution in [0.5, 0.6) is 11.5 Å². The van der Waals surface area contributed by atoms with Crippen LogP contribution in [0.4, 0.5) is 0 Å². The van der Waals surface area contributed by atoms with Crippen molar-refractivity contribution >= 4 is 30.8 Å². The van der Waals surface area contributed by atoms with E-state index >= 15 is 0 Å². The van der Waals surface area contributed by atoms with Crippen LogP contribution in [0.2, 0.25) is 5.02 Å². The van der Waals surface area contributed by atoms with E-state index in [1.165, 1.54) is 6.07 Å². The largest absolute Gasteiger partial charge is 0.584 e. The van der Waals surface area contributed by atoms with Crippen LogP contribution in [-0.2, 0) is 11.1 Å². The summed E-state index contributed by atoms with van der Waals surface area (Å²) in [7, 11) is -4.34. The van der Waals surface area contributed by atoms with E-state index in [1.807, 2.05) is 27.7 Å². The standard InChI is InChI=1S/C16H13ClNO4PS/c17-15-6-1-2-7-16(15)22-23(19,20)21-14-5-3-4-13(10-14)11-18-8-9-24-12-18/h1-10,12H,11H2/p+1. The van der Waals surface area contributed by atoms with Gasteiger partial charge in [-0.1, -0.05) is 47.2 Å². The van der Waals surface area contributed by atoms with Crippen LogP contribution >= 0.6 is 30.8 Å². The average Bonchev–Trinajstić information content (AvgIpc) is 3.02. The Labute approximate surface area is 148 Å². The number of hydrogen-bond acceptors (Lipinski definition) is 4. The molecule has 0 fully saturated rings. The first-order valence-corrected chi connectivity index (χ1v) is 9.80. The van der Waals surface area contributed by atoms with Gasteiger partial charge in [0.1, 0.15) is 5.75 Å². The van der Waals surface area contributed by atoms with Crippen LogP contribution in [0.25, 0.3) is 0 Å². The summed E-state index contributed by atoms with van der Waals surface area (Å²) >= 11 is 7.51. The van der Waals surface area contributed by atoms with E-state index < -0.39 is 7.82 Å². The molecule has 0 saturated carbocycles. The molecule has 0 aliphatic rings. The van der Waals surface area contributed by atoms with Crippen molar-refractivity contribution in [1.82, 2.24) is 0 Å². The summed E-state index contributed by atoms with van der Waals surface area (Å²) in [5.74, 6) is 0.344. The second-order valence-electron chi connectivity index (χ2n) is 4.93. The summed E-state index contributed by atoms with van der Waals surface area (Å²) in [6, 6.07) is 13.4. The maximum Gasteiger partial charge on any atom is 0.584 e. The van der Waals surface area contributed by atoms with Crippen molar-refractivity contribution in [3.63, 3.8) is 0 Å². The monoisotopic (exact) mass is 382 g/mol. The van der Waals surface area contributed by atoms with Crippen LogP contribution in [0.3, 0.4) is 0 Å². The molecule has 1 unspecified atom stereocenters. The fourth-order valence-electron chi connectivity index (χ4n) is 2.06. The Kier molecular flexibility index (Phi) is 5.21. The van der Waals surface area contributed by atoms with E-state index in [2.05, 4.69) is 0 Å². The molecule has 24 heavy (non-hydrogen) atoms. The molecular formula is C16H14ClNO4PS+. The van der Waals surface area contributed by atoms with Crippen molar-refractivity contribution < 1.29 is 23.1 Å². The first-order valence-electron chi connectivity index (χ1n) is 6.98. The average molecular weight is 383 g/mol. The van der Waals surface area contributed by atoms with Gasteiger partial charge in [-0.25, -0.2) is 4.57 Å². The Morgan fingerprint density at radius 1 is 1.17 bits per heavy atom. The molecule has 0 aliphatic carbocycles. The Balaban J connectivity index is 1.72. The molecule has 0 aliphatic heterocycles. The number of thiazole rings is 1. The number of para-hydroxylation sites is 1. The van der Waals surface area contributed by atoms with Crippen molar-refractivity contribution in [2.45, 2.75) is 6.54 Å². The lowest BCUT2D eigenvalue weighted by Gasteiger charge is -2.14. The molecule has 1 aromatic heterocycles. The lowest BCUT2D eigenvalue weighted by Crippen LogP contribution is -2.30. The van der Waals surface area contributed by atoms with Crippen LogP contribution in [0.15, 0.2) is 65.6 Å². The smallest absolute Gasteiger partial charge is 0.395 e. The van der Waals surface area contributed by atoms with Gasteiger partial charge in [0.15, 0.2) is 18.5 Å². The maximum atomic E-state index is 12.2. The topological polar surface area (TPSA) is 59.6 Å². The van der Waals surface area contributed by atoms with Gasteiger partial charge in [-0.05, 0) is 24.3 Å². The van der Waals surface area contributed by atoms with E-state index in [4.69, 9.17) is 20.6 Å². The van der Waals surface area contributed by atoms with Gasteiger partial charge in [-0.2, -0.15) is 4.57 Å². The number of phosphoric ester groups is 1. The van der Waals surface area contributed by atoms with Crippen molar-refractivity contribution in [3.05, 3.63) is 76.2 Å². The fraction of sp³-hybridized carbons (Fsp3) is 0.0625. The fourth-order valence-corrected chi connectivity index (χ4v) is 3.71. The zero-order valence-electron chi connectivity index (χ0n) is 12.4. The van der Waals surface area contributed by atoms with Crippen LogP contribution < -0.4 is 13.6 Å². The maximum absolute atomic E-state index is 12.2. The van der Waals surface area contributed by atoms with Crippen molar-refractivity contribution in [3.8, 4) is 11.5 Å². The summed E-state index contributed by atoms with van der Waals surface area (Å²) < 4.78 is 24.4. The van der Waals surface area contributed by atoms with Gasteiger partial charge >= 0.3 is 7.82 Å². The van der Waals surface area contributed by atoms with E-state index in [1.54, 1.807) is 47.7 Å². The van der Waals surface area contributed by atoms with Gasteiger partial charge in [0.2, 0.25) is 5.51 Å². The number of benzene rings is 2. The number of hydrogen-bond donors (Lipinski definition) is 1. The molecule has 0 spiro atoms. The van der Waals surface area contributed by atoms with E-state index in [-0.39, 0.29) is 16.5 Å². The number of phosphoric acid groups is 1. The van der Waals surface area contributed by atoms with E-state index in [0.717, 1.165) is 5.56 Å². The Morgan fingerprint density at radius 3 is 2.75 bits per heavy atom. The minimum atomic E-state index is -4.34. The zero-order chi connectivity index (χ0) is 17.0. The van der Waals surface area contributed by atoms with Gasteiger partial charge < -0.3 is 9.05 Å². The van der Waals surface area contributed by atoms with Crippen LogP contribution in [-0.4, -0.2) is 4.89 Å². The van der Waals surface area contributed by atoms with E-state index in [0.29, 0.717) is 6.54 Å². The summed E-state index contributed by atoms with van der Waals surface area (Å²) in [5.41, 5.74) is 2.92. The van der Waals surface area contributed by atoms with Gasteiger partial charge in [0, 0.05) is 5.56 Å². The summed E-state index contributed by atoms with van der Waals surface area (Å²) in [6.07, 6.45) is 1.95. The minimum Gasteiger partial charge on any atom is -0.395 e. The Bertz CT molecular complexity index is 872. The normalized spacial score (nSPS) is 13.2. The Morgan fingerprint density at radius 2 is 2.00 bits per heavy atom. The van der Waals surface area contributed by atoms with Crippen molar-refractivity contribution in [2.24, 2.45) is 0 Å². The van der Waals surface area contributed by atoms with Gasteiger partial charge in [0.25, 0.3) is 0 Å². The summed E-state index contributed by atoms with van der Waals surface area (Å²) in [5, 5.41) is 2.21. The molecule has 0 bridgehead atoms. The lowest BCUT2D eigenvalue weighted by molar-refractivity contribution is -0.683. The molecule has 0 radical (unpaired) electrons. The third kappa shape index (κ3) is 4.58. The summed E-state index contributed by atoms with van der Waals surface area (Å²) in [6.45, 7) is 0.641. The highest BCUT2D eigenvalue weighted by atomic mass is 35.5. The molecule has 3 aromatic rings. The Hall–Kier alpha value is -1.85. The van der Waals surface area contributed by atoms with Crippen LogP contribution in [0, 0.1) is 0 Å². The number of rotatable bonds is 6. The van der Waals surface area contributed by atoms with Crippen LogP contribution in [0.1, 0.15) is 5.56 Å². The molecular weight excluding hydrogens is 369 g/mol. The summed E-state index contributed by atoms with van der Waals surface area (Å²) in [4.78, 5) is 9.94. The zero-order valence-corrected chi connectivity index (χ0v) is 14.9. The molecule has 0 saturated heterocycles. The highest BCUT2D eigenvalue weighted by Crippen LogP contribution is 2.46. The predicted octanol–water partition coefficient (Wildman–Crippen LogP) is 4.30. The van der Waals surface area contributed by atoms with Gasteiger partial charge in [-0.3, -0.25) is 4.89 Å². The molecule has 1 atom stereocenters. The third-order valence-corrected chi connectivity index (χ3v) is 4.91. The number of halogens is 1. The van der Waals surface area contributed by atoms with E-state index in [9.17, 15) is 9.46 Å². The molecule has 0 amide bonds. The first-order chi connectivity index (χ1) is 11.5.